The van der Waals surface area contributed by atoms with Gasteiger partial charge in [-0.2, -0.15) is 0 Å². The van der Waals surface area contributed by atoms with Crippen LogP contribution in [0.25, 0.3) is 66.1 Å². The van der Waals surface area contributed by atoms with Gasteiger partial charge in [-0.3, -0.25) is 0 Å². The summed E-state index contributed by atoms with van der Waals surface area (Å²) in [6.07, 6.45) is 0.740. The fourth-order valence-electron chi connectivity index (χ4n) is 8.19. The van der Waals surface area contributed by atoms with Crippen LogP contribution in [0.2, 0.25) is 0 Å². The number of aromatic hydroxyl groups is 1. The van der Waals surface area contributed by atoms with E-state index in [1.54, 1.807) is 0 Å². The molecule has 3 nitrogen and oxygen atoms in total. The number of ether oxygens (including phenoxy) is 2. The second-order valence-electron chi connectivity index (χ2n) is 15.2. The maximum Gasteiger partial charge on any atom is 0.131 e. The summed E-state index contributed by atoms with van der Waals surface area (Å²) < 4.78 is 12.8. The summed E-state index contributed by atoms with van der Waals surface area (Å²) in [4.78, 5) is 0. The molecule has 56 heavy (non-hydrogen) atoms. The molecular weight excluding hydrogens is 685 g/mol. The number of aryl methyl sites for hydroxylation is 5. The Morgan fingerprint density at radius 3 is 1.84 bits per heavy atom. The minimum absolute atomic E-state index is 0.290. The molecular formula is C53H48O3. The molecule has 0 atom stereocenters. The van der Waals surface area contributed by atoms with E-state index < -0.39 is 0 Å². The third kappa shape index (κ3) is 7.43. The van der Waals surface area contributed by atoms with E-state index in [-0.39, 0.29) is 5.75 Å². The van der Waals surface area contributed by atoms with Crippen LogP contribution in [0.3, 0.4) is 0 Å². The Bertz CT molecular complexity index is 2720. The first kappa shape index (κ1) is 36.8. The minimum atomic E-state index is 0.290. The average molecular weight is 733 g/mol. The van der Waals surface area contributed by atoms with Crippen molar-refractivity contribution in [3.63, 3.8) is 0 Å². The fraction of sp³-hybridized carbons (Fsp3) is 0.170. The summed E-state index contributed by atoms with van der Waals surface area (Å²) in [5, 5.41) is 16.7. The van der Waals surface area contributed by atoms with Gasteiger partial charge in [0.15, 0.2) is 0 Å². The normalized spacial score (nSPS) is 11.4. The smallest absolute Gasteiger partial charge is 0.131 e. The van der Waals surface area contributed by atoms with E-state index in [9.17, 15) is 5.11 Å². The van der Waals surface area contributed by atoms with Gasteiger partial charge in [0.05, 0.1) is 19.8 Å². The van der Waals surface area contributed by atoms with Gasteiger partial charge >= 0.3 is 0 Å². The molecule has 0 aliphatic heterocycles. The molecule has 3 heteroatoms. The Kier molecular flexibility index (Phi) is 10.4. The van der Waals surface area contributed by atoms with Crippen molar-refractivity contribution in [2.24, 2.45) is 0 Å². The fourth-order valence-corrected chi connectivity index (χ4v) is 8.19. The summed E-state index contributed by atoms with van der Waals surface area (Å²) in [5.41, 5.74) is 15.4. The number of fused-ring (bicyclic) bond motifs is 2. The van der Waals surface area contributed by atoms with Crippen LogP contribution >= 0.6 is 0 Å². The van der Waals surface area contributed by atoms with Crippen LogP contribution in [0.15, 0.2) is 146 Å². The van der Waals surface area contributed by atoms with Gasteiger partial charge < -0.3 is 14.6 Å². The van der Waals surface area contributed by atoms with Crippen LogP contribution in [-0.2, 0) is 11.3 Å². The monoisotopic (exact) mass is 732 g/mol. The third-order valence-electron chi connectivity index (χ3n) is 10.9. The number of phenolic OH excluding ortho intramolecular Hbond substituents is 1. The van der Waals surface area contributed by atoms with Crippen LogP contribution in [0.1, 0.15) is 39.8 Å². The van der Waals surface area contributed by atoms with Crippen molar-refractivity contribution in [3.8, 4) is 56.0 Å². The molecule has 0 radical (unpaired) electrons. The molecule has 0 amide bonds. The van der Waals surface area contributed by atoms with Gasteiger partial charge in [0.1, 0.15) is 11.5 Å². The zero-order valence-corrected chi connectivity index (χ0v) is 32.9. The van der Waals surface area contributed by atoms with Gasteiger partial charge in [0.2, 0.25) is 0 Å². The van der Waals surface area contributed by atoms with Crippen molar-refractivity contribution >= 4 is 21.5 Å². The first-order valence-corrected chi connectivity index (χ1v) is 19.6. The molecule has 0 aliphatic carbocycles. The van der Waals surface area contributed by atoms with Gasteiger partial charge in [-0.05, 0) is 142 Å². The van der Waals surface area contributed by atoms with Crippen molar-refractivity contribution in [1.82, 2.24) is 0 Å². The molecule has 1 N–H and O–H groups in total. The van der Waals surface area contributed by atoms with Crippen molar-refractivity contribution in [1.29, 1.82) is 0 Å². The second-order valence-corrected chi connectivity index (χ2v) is 15.2. The zero-order chi connectivity index (χ0) is 38.8. The minimum Gasteiger partial charge on any atom is -0.507 e. The highest BCUT2D eigenvalue weighted by molar-refractivity contribution is 6.01. The largest absolute Gasteiger partial charge is 0.507 e. The van der Waals surface area contributed by atoms with Gasteiger partial charge in [0, 0.05) is 23.1 Å². The number of phenols is 1. The quantitative estimate of drug-likeness (QED) is 0.135. The Morgan fingerprint density at radius 2 is 1.07 bits per heavy atom. The van der Waals surface area contributed by atoms with Gasteiger partial charge in [-0.1, -0.05) is 121 Å². The maximum absolute atomic E-state index is 11.9. The van der Waals surface area contributed by atoms with Crippen molar-refractivity contribution in [3.05, 3.63) is 179 Å². The molecule has 0 heterocycles. The molecule has 0 aromatic heterocycles. The first-order valence-electron chi connectivity index (χ1n) is 19.6. The predicted molar refractivity (Wildman–Crippen MR) is 235 cm³/mol. The summed E-state index contributed by atoms with van der Waals surface area (Å²) in [6.45, 7) is 12.2. The van der Waals surface area contributed by atoms with E-state index in [0.29, 0.717) is 19.8 Å². The highest BCUT2D eigenvalue weighted by Gasteiger charge is 2.19. The van der Waals surface area contributed by atoms with E-state index >= 15 is 0 Å². The number of hydrogen-bond donors (Lipinski definition) is 1. The zero-order valence-electron chi connectivity index (χ0n) is 32.9. The Hall–Kier alpha value is -6.16. The number of rotatable bonds is 11. The Labute approximate surface area is 330 Å². The predicted octanol–water partition coefficient (Wildman–Crippen LogP) is 13.9. The topological polar surface area (TPSA) is 38.7 Å². The molecule has 8 aromatic rings. The number of hydrogen-bond acceptors (Lipinski definition) is 3. The molecule has 8 rings (SSSR count). The molecule has 0 bridgehead atoms. The van der Waals surface area contributed by atoms with Crippen LogP contribution in [-0.4, -0.2) is 18.3 Å². The van der Waals surface area contributed by atoms with E-state index in [4.69, 9.17) is 9.47 Å². The third-order valence-corrected chi connectivity index (χ3v) is 10.9. The van der Waals surface area contributed by atoms with Gasteiger partial charge in [-0.25, -0.2) is 0 Å². The van der Waals surface area contributed by atoms with Crippen molar-refractivity contribution in [2.45, 2.75) is 47.6 Å². The van der Waals surface area contributed by atoms with Gasteiger partial charge in [-0.15, -0.1) is 0 Å². The summed E-state index contributed by atoms with van der Waals surface area (Å²) in [7, 11) is 0. The molecule has 0 unspecified atom stereocenters. The van der Waals surface area contributed by atoms with Crippen LogP contribution < -0.4 is 4.74 Å². The lowest BCUT2D eigenvalue weighted by atomic mass is 9.88. The highest BCUT2D eigenvalue weighted by Crippen LogP contribution is 2.44. The Balaban J connectivity index is 0.977. The SMILES string of the molecule is Cc1cc(-c2cc(C)ccc2OCCCOCc2ccccc2-c2cc(C)cc(-c3c(C)ccc4ccccc34)c2O)cc(-c2c(C)ccc3ccccc23)c1. The van der Waals surface area contributed by atoms with E-state index in [1.807, 2.05) is 12.1 Å². The molecule has 0 aliphatic rings. The van der Waals surface area contributed by atoms with Crippen LogP contribution in [0.4, 0.5) is 0 Å². The maximum atomic E-state index is 11.9. The standard InChI is InChI=1S/C53H48O3/c1-34-19-24-50(47(29-34)42-27-35(2)28-43(32-42)51-37(4)20-22-39-13-6-10-17-45(39)51)56-26-12-25-55-33-41-15-8-9-16-44(41)48-30-36(3)31-49(53(48)54)52-38(5)21-23-40-14-7-11-18-46(40)52/h6-11,13-24,27-32,54H,12,25-26,33H2,1-5H3. The lowest BCUT2D eigenvalue weighted by molar-refractivity contribution is 0.107. The lowest BCUT2D eigenvalue weighted by Gasteiger charge is -2.18. The van der Waals surface area contributed by atoms with E-state index in [1.165, 1.54) is 38.6 Å². The lowest BCUT2D eigenvalue weighted by Crippen LogP contribution is -2.05. The summed E-state index contributed by atoms with van der Waals surface area (Å²) in [5.74, 6) is 1.16. The first-order chi connectivity index (χ1) is 27.2. The molecule has 278 valence electrons. The van der Waals surface area contributed by atoms with E-state index in [2.05, 4.69) is 168 Å². The van der Waals surface area contributed by atoms with Crippen molar-refractivity contribution in [2.75, 3.05) is 13.2 Å². The molecule has 0 saturated heterocycles. The molecule has 0 saturated carbocycles. The number of benzene rings is 8. The Morgan fingerprint density at radius 1 is 0.464 bits per heavy atom. The highest BCUT2D eigenvalue weighted by atomic mass is 16.5. The van der Waals surface area contributed by atoms with Gasteiger partial charge in [0.25, 0.3) is 0 Å². The molecule has 0 fully saturated rings. The second kappa shape index (κ2) is 15.9. The average Bonchev–Trinajstić information content (AvgIpc) is 3.20. The van der Waals surface area contributed by atoms with Crippen molar-refractivity contribution < 1.29 is 14.6 Å². The molecule has 0 spiro atoms. The summed E-state index contributed by atoms with van der Waals surface area (Å²) in [6, 6.07) is 51.4. The van der Waals surface area contributed by atoms with Crippen LogP contribution in [0.5, 0.6) is 11.5 Å². The molecule has 8 aromatic carbocycles. The summed E-state index contributed by atoms with van der Waals surface area (Å²) >= 11 is 0. The van der Waals surface area contributed by atoms with E-state index in [0.717, 1.165) is 73.0 Å². The van der Waals surface area contributed by atoms with Crippen LogP contribution in [0, 0.1) is 34.6 Å².